The molecule has 0 radical (unpaired) electrons. The maximum atomic E-state index is 11.9. The van der Waals surface area contributed by atoms with Crippen LogP contribution in [0.3, 0.4) is 0 Å². The van der Waals surface area contributed by atoms with Gasteiger partial charge in [0.1, 0.15) is 0 Å². The van der Waals surface area contributed by atoms with Crippen LogP contribution in [0.2, 0.25) is 0 Å². The van der Waals surface area contributed by atoms with Gasteiger partial charge < -0.3 is 4.90 Å². The lowest BCUT2D eigenvalue weighted by Gasteiger charge is -2.26. The van der Waals surface area contributed by atoms with Gasteiger partial charge in [0.2, 0.25) is 5.91 Å². The third-order valence-corrected chi connectivity index (χ3v) is 3.23. The van der Waals surface area contributed by atoms with Crippen LogP contribution in [0.5, 0.6) is 0 Å². The van der Waals surface area contributed by atoms with Gasteiger partial charge in [0, 0.05) is 18.5 Å². The van der Waals surface area contributed by atoms with Crippen molar-refractivity contribution >= 4 is 5.91 Å². The second-order valence-electron chi connectivity index (χ2n) is 4.56. The molecule has 1 amide bonds. The maximum absolute atomic E-state index is 11.9. The Kier molecular flexibility index (Phi) is 6.62. The van der Waals surface area contributed by atoms with Crippen LogP contribution in [-0.2, 0) is 4.79 Å². The Morgan fingerprint density at radius 1 is 1.27 bits per heavy atom. The molecule has 0 bridgehead atoms. The zero-order valence-electron chi connectivity index (χ0n) is 11.2. The van der Waals surface area contributed by atoms with Gasteiger partial charge in [-0.2, -0.15) is 0 Å². The van der Waals surface area contributed by atoms with Gasteiger partial charge in [-0.1, -0.05) is 34.6 Å². The number of amides is 1. The molecule has 0 aromatic rings. The second-order valence-corrected chi connectivity index (χ2v) is 4.56. The molecule has 1 unspecified atom stereocenters. The Morgan fingerprint density at radius 3 is 2.13 bits per heavy atom. The fourth-order valence-electron chi connectivity index (χ4n) is 1.81. The Bertz CT molecular complexity index is 189. The van der Waals surface area contributed by atoms with Crippen molar-refractivity contribution in [2.24, 2.45) is 11.8 Å². The number of hydrogen-bond donors (Lipinski definition) is 0. The zero-order chi connectivity index (χ0) is 12.0. The van der Waals surface area contributed by atoms with E-state index in [1.165, 1.54) is 12.8 Å². The minimum atomic E-state index is 0.181. The molecule has 1 aliphatic rings. The summed E-state index contributed by atoms with van der Waals surface area (Å²) < 4.78 is 0. The van der Waals surface area contributed by atoms with E-state index in [1.807, 2.05) is 25.7 Å². The molecule has 0 spiro atoms. The number of hydrogen-bond acceptors (Lipinski definition) is 1. The predicted octanol–water partition coefficient (Wildman–Crippen LogP) is 3.32. The highest BCUT2D eigenvalue weighted by molar-refractivity contribution is 5.79. The lowest BCUT2D eigenvalue weighted by Crippen LogP contribution is -2.38. The Balaban J connectivity index is 0.000000921. The number of nitrogens with zero attached hydrogens (tertiary/aromatic N) is 1. The van der Waals surface area contributed by atoms with Crippen LogP contribution in [0, 0.1) is 11.8 Å². The van der Waals surface area contributed by atoms with Gasteiger partial charge in [0.15, 0.2) is 0 Å². The highest BCUT2D eigenvalue weighted by Gasteiger charge is 2.29. The van der Waals surface area contributed by atoms with E-state index in [2.05, 4.69) is 20.8 Å². The quantitative estimate of drug-likeness (QED) is 0.689. The van der Waals surface area contributed by atoms with Gasteiger partial charge in [-0.3, -0.25) is 4.79 Å². The van der Waals surface area contributed by atoms with Gasteiger partial charge in [0.05, 0.1) is 0 Å². The summed E-state index contributed by atoms with van der Waals surface area (Å²) in [6.45, 7) is 13.4. The van der Waals surface area contributed by atoms with Crippen LogP contribution >= 0.6 is 0 Å². The molecule has 15 heavy (non-hydrogen) atoms. The first-order valence-electron chi connectivity index (χ1n) is 6.34. The minimum Gasteiger partial charge on any atom is -0.340 e. The average Bonchev–Trinajstić information content (AvgIpc) is 2.65. The number of likely N-dealkylation sites (tertiary alicyclic amines) is 1. The molecule has 2 nitrogen and oxygen atoms in total. The second kappa shape index (κ2) is 6.86. The predicted molar refractivity (Wildman–Crippen MR) is 65.8 cm³/mol. The zero-order valence-corrected chi connectivity index (χ0v) is 11.2. The van der Waals surface area contributed by atoms with Crippen LogP contribution in [0.15, 0.2) is 0 Å². The molecular weight excluding hydrogens is 186 g/mol. The third-order valence-electron chi connectivity index (χ3n) is 3.23. The fraction of sp³-hybridized carbons (Fsp3) is 0.923. The van der Waals surface area contributed by atoms with E-state index in [0.717, 1.165) is 6.54 Å². The SMILES string of the molecule is CC.CC(C)[C@H](C)C(=O)N1CCCC1C. The summed E-state index contributed by atoms with van der Waals surface area (Å²) in [7, 11) is 0. The monoisotopic (exact) mass is 213 g/mol. The van der Waals surface area contributed by atoms with Crippen LogP contribution in [-0.4, -0.2) is 23.4 Å². The van der Waals surface area contributed by atoms with Gasteiger partial charge >= 0.3 is 0 Å². The Hall–Kier alpha value is -0.530. The van der Waals surface area contributed by atoms with E-state index in [1.54, 1.807) is 0 Å². The molecule has 2 atom stereocenters. The molecule has 2 heteroatoms. The fourth-order valence-corrected chi connectivity index (χ4v) is 1.81. The van der Waals surface area contributed by atoms with Crippen molar-refractivity contribution in [3.05, 3.63) is 0 Å². The van der Waals surface area contributed by atoms with E-state index >= 15 is 0 Å². The van der Waals surface area contributed by atoms with Crippen molar-refractivity contribution in [1.82, 2.24) is 4.90 Å². The summed E-state index contributed by atoms with van der Waals surface area (Å²) in [6.07, 6.45) is 2.36. The number of rotatable bonds is 2. The standard InChI is InChI=1S/C11H21NO.C2H6/c1-8(2)10(4)11(13)12-7-5-6-9(12)3;1-2/h8-10H,5-7H2,1-4H3;1-2H3/t9?,10-;/m0./s1. The molecule has 1 fully saturated rings. The van der Waals surface area contributed by atoms with Crippen molar-refractivity contribution in [2.75, 3.05) is 6.54 Å². The molecule has 1 heterocycles. The first-order chi connectivity index (χ1) is 7.04. The molecule has 0 N–H and O–H groups in total. The highest BCUT2D eigenvalue weighted by Crippen LogP contribution is 2.21. The van der Waals surface area contributed by atoms with E-state index < -0.39 is 0 Å². The van der Waals surface area contributed by atoms with E-state index in [0.29, 0.717) is 17.9 Å². The topological polar surface area (TPSA) is 20.3 Å². The maximum Gasteiger partial charge on any atom is 0.225 e. The number of carbonyl (C=O) groups excluding carboxylic acids is 1. The van der Waals surface area contributed by atoms with Crippen molar-refractivity contribution in [3.63, 3.8) is 0 Å². The molecule has 0 aromatic carbocycles. The first kappa shape index (κ1) is 14.5. The summed E-state index contributed by atoms with van der Waals surface area (Å²) >= 11 is 0. The smallest absolute Gasteiger partial charge is 0.225 e. The third kappa shape index (κ3) is 3.84. The van der Waals surface area contributed by atoms with E-state index in [9.17, 15) is 4.79 Å². The van der Waals surface area contributed by atoms with Gasteiger partial charge in [-0.15, -0.1) is 0 Å². The molecule has 0 aliphatic carbocycles. The number of carbonyl (C=O) groups is 1. The molecule has 1 rings (SSSR count). The van der Waals surface area contributed by atoms with Crippen molar-refractivity contribution in [3.8, 4) is 0 Å². The van der Waals surface area contributed by atoms with Crippen molar-refractivity contribution < 1.29 is 4.79 Å². The van der Waals surface area contributed by atoms with E-state index in [4.69, 9.17) is 0 Å². The average molecular weight is 213 g/mol. The summed E-state index contributed by atoms with van der Waals surface area (Å²) in [5.74, 6) is 0.987. The molecule has 1 saturated heterocycles. The van der Waals surface area contributed by atoms with Crippen LogP contribution in [0.1, 0.15) is 54.4 Å². The molecule has 90 valence electrons. The van der Waals surface area contributed by atoms with Crippen LogP contribution in [0.4, 0.5) is 0 Å². The van der Waals surface area contributed by atoms with Crippen LogP contribution in [0.25, 0.3) is 0 Å². The normalized spacial score (nSPS) is 22.3. The Morgan fingerprint density at radius 2 is 1.80 bits per heavy atom. The molecule has 0 saturated carbocycles. The lowest BCUT2D eigenvalue weighted by molar-refractivity contribution is -0.136. The van der Waals surface area contributed by atoms with E-state index in [-0.39, 0.29) is 5.92 Å². The Labute approximate surface area is 95.0 Å². The molecule has 0 aromatic heterocycles. The summed E-state index contributed by atoms with van der Waals surface area (Å²) in [6, 6.07) is 0.466. The van der Waals surface area contributed by atoms with Gasteiger partial charge in [-0.05, 0) is 25.7 Å². The largest absolute Gasteiger partial charge is 0.340 e. The summed E-state index contributed by atoms with van der Waals surface area (Å²) in [5, 5.41) is 0. The molecule has 1 aliphatic heterocycles. The molecular formula is C13H27NO. The minimum absolute atomic E-state index is 0.181. The van der Waals surface area contributed by atoms with Gasteiger partial charge in [-0.25, -0.2) is 0 Å². The van der Waals surface area contributed by atoms with Gasteiger partial charge in [0.25, 0.3) is 0 Å². The highest BCUT2D eigenvalue weighted by atomic mass is 16.2. The summed E-state index contributed by atoms with van der Waals surface area (Å²) in [4.78, 5) is 14.0. The first-order valence-corrected chi connectivity index (χ1v) is 6.34. The van der Waals surface area contributed by atoms with Crippen LogP contribution < -0.4 is 0 Å². The summed E-state index contributed by atoms with van der Waals surface area (Å²) in [5.41, 5.74) is 0. The lowest BCUT2D eigenvalue weighted by atomic mass is 9.96. The van der Waals surface area contributed by atoms with Crippen molar-refractivity contribution in [1.29, 1.82) is 0 Å². The van der Waals surface area contributed by atoms with Crippen molar-refractivity contribution in [2.45, 2.75) is 60.4 Å².